The van der Waals surface area contributed by atoms with Crippen LogP contribution in [0.3, 0.4) is 0 Å². The predicted molar refractivity (Wildman–Crippen MR) is 66.7 cm³/mol. The molecule has 88 valence electrons. The van der Waals surface area contributed by atoms with Gasteiger partial charge in [0.05, 0.1) is 13.7 Å². The van der Waals surface area contributed by atoms with E-state index in [1.54, 1.807) is 11.8 Å². The number of carbonyl (C=O) groups excluding carboxylic acids is 1. The Labute approximate surface area is 101 Å². The van der Waals surface area contributed by atoms with Gasteiger partial charge in [-0.3, -0.25) is 4.79 Å². The van der Waals surface area contributed by atoms with E-state index in [1.165, 1.54) is 17.6 Å². The van der Waals surface area contributed by atoms with E-state index >= 15 is 0 Å². The van der Waals surface area contributed by atoms with E-state index < -0.39 is 0 Å². The summed E-state index contributed by atoms with van der Waals surface area (Å²) in [5, 5.41) is 3.11. The number of thioether (sulfide) groups is 1. The van der Waals surface area contributed by atoms with Gasteiger partial charge in [-0.15, -0.1) is 11.8 Å². The molecule has 0 saturated carbocycles. The first-order chi connectivity index (χ1) is 7.67. The average Bonchev–Trinajstić information content (AvgIpc) is 2.35. The monoisotopic (exact) mass is 239 g/mol. The number of hydrogen-bond donors (Lipinski definition) is 1. The van der Waals surface area contributed by atoms with Crippen molar-refractivity contribution in [3.8, 4) is 0 Å². The summed E-state index contributed by atoms with van der Waals surface area (Å²) in [6.07, 6.45) is 2.05. The third kappa shape index (κ3) is 3.87. The highest BCUT2D eigenvalue weighted by atomic mass is 32.2. The summed E-state index contributed by atoms with van der Waals surface area (Å²) in [6.45, 7) is 2.26. The standard InChI is InChI=1S/C12H17NO2S/c1-9(13-8-12(14)15-2)10-4-6-11(16-3)7-5-10/h4-7,9,13H,8H2,1-3H3. The van der Waals surface area contributed by atoms with Crippen LogP contribution in [0.5, 0.6) is 0 Å². The quantitative estimate of drug-likeness (QED) is 0.631. The number of carbonyl (C=O) groups is 1. The van der Waals surface area contributed by atoms with E-state index in [9.17, 15) is 4.79 Å². The Kier molecular flexibility index (Phi) is 5.35. The van der Waals surface area contributed by atoms with Gasteiger partial charge in [-0.1, -0.05) is 12.1 Å². The zero-order valence-electron chi connectivity index (χ0n) is 9.82. The third-order valence-electron chi connectivity index (χ3n) is 2.40. The van der Waals surface area contributed by atoms with Gasteiger partial charge in [-0.25, -0.2) is 0 Å². The number of hydrogen-bond acceptors (Lipinski definition) is 4. The molecule has 0 saturated heterocycles. The molecule has 0 aromatic heterocycles. The van der Waals surface area contributed by atoms with E-state index in [0.29, 0.717) is 0 Å². The van der Waals surface area contributed by atoms with Crippen molar-refractivity contribution in [2.45, 2.75) is 17.9 Å². The van der Waals surface area contributed by atoms with Crippen LogP contribution in [0.25, 0.3) is 0 Å². The molecule has 0 bridgehead atoms. The highest BCUT2D eigenvalue weighted by Crippen LogP contribution is 2.18. The Morgan fingerprint density at radius 3 is 2.56 bits per heavy atom. The molecule has 1 aromatic carbocycles. The van der Waals surface area contributed by atoms with Gasteiger partial charge in [-0.05, 0) is 30.9 Å². The summed E-state index contributed by atoms with van der Waals surface area (Å²) < 4.78 is 4.57. The van der Waals surface area contributed by atoms with Gasteiger partial charge in [0.1, 0.15) is 0 Å². The molecule has 0 fully saturated rings. The smallest absolute Gasteiger partial charge is 0.319 e. The molecule has 0 aliphatic rings. The first-order valence-electron chi connectivity index (χ1n) is 5.11. The number of nitrogens with one attached hydrogen (secondary N) is 1. The van der Waals surface area contributed by atoms with E-state index in [4.69, 9.17) is 0 Å². The number of esters is 1. The Bertz CT molecular complexity index is 337. The Morgan fingerprint density at radius 2 is 2.06 bits per heavy atom. The molecule has 1 atom stereocenters. The Balaban J connectivity index is 2.52. The minimum Gasteiger partial charge on any atom is -0.468 e. The van der Waals surface area contributed by atoms with Gasteiger partial charge >= 0.3 is 5.97 Å². The van der Waals surface area contributed by atoms with Crippen LogP contribution in [0, 0.1) is 0 Å². The van der Waals surface area contributed by atoms with Crippen molar-refractivity contribution in [2.75, 3.05) is 19.9 Å². The first kappa shape index (κ1) is 13.1. The van der Waals surface area contributed by atoms with Gasteiger partial charge in [-0.2, -0.15) is 0 Å². The van der Waals surface area contributed by atoms with Gasteiger partial charge < -0.3 is 10.1 Å². The van der Waals surface area contributed by atoms with Gasteiger partial charge in [0, 0.05) is 10.9 Å². The van der Waals surface area contributed by atoms with Crippen molar-refractivity contribution in [1.82, 2.24) is 5.32 Å². The lowest BCUT2D eigenvalue weighted by atomic mass is 10.1. The van der Waals surface area contributed by atoms with Gasteiger partial charge in [0.25, 0.3) is 0 Å². The third-order valence-corrected chi connectivity index (χ3v) is 3.14. The van der Waals surface area contributed by atoms with Crippen molar-refractivity contribution >= 4 is 17.7 Å². The SMILES string of the molecule is COC(=O)CNC(C)c1ccc(SC)cc1. The average molecular weight is 239 g/mol. The van der Waals surface area contributed by atoms with Crippen LogP contribution < -0.4 is 5.32 Å². The summed E-state index contributed by atoms with van der Waals surface area (Å²) in [4.78, 5) is 12.2. The molecule has 0 aliphatic heterocycles. The van der Waals surface area contributed by atoms with Crippen LogP contribution in [-0.2, 0) is 9.53 Å². The predicted octanol–water partition coefficient (Wildman–Crippen LogP) is 2.23. The van der Waals surface area contributed by atoms with Crippen molar-refractivity contribution in [3.05, 3.63) is 29.8 Å². The number of ether oxygens (including phenoxy) is 1. The van der Waals surface area contributed by atoms with Crippen LogP contribution in [0.15, 0.2) is 29.2 Å². The van der Waals surface area contributed by atoms with E-state index in [1.807, 2.05) is 13.2 Å². The van der Waals surface area contributed by atoms with Crippen molar-refractivity contribution in [1.29, 1.82) is 0 Å². The Hall–Kier alpha value is -1.00. The number of benzene rings is 1. The zero-order valence-corrected chi connectivity index (χ0v) is 10.6. The van der Waals surface area contributed by atoms with E-state index in [0.717, 1.165) is 0 Å². The number of methoxy groups -OCH3 is 1. The molecule has 0 spiro atoms. The summed E-state index contributed by atoms with van der Waals surface area (Å²) in [7, 11) is 1.39. The largest absolute Gasteiger partial charge is 0.468 e. The summed E-state index contributed by atoms with van der Waals surface area (Å²) in [5.41, 5.74) is 1.17. The molecule has 0 radical (unpaired) electrons. The Morgan fingerprint density at radius 1 is 1.44 bits per heavy atom. The highest BCUT2D eigenvalue weighted by molar-refractivity contribution is 7.98. The number of rotatable bonds is 5. The molecular formula is C12H17NO2S. The topological polar surface area (TPSA) is 38.3 Å². The first-order valence-corrected chi connectivity index (χ1v) is 6.34. The molecule has 0 heterocycles. The normalized spacial score (nSPS) is 12.2. The van der Waals surface area contributed by atoms with Crippen molar-refractivity contribution in [2.24, 2.45) is 0 Å². The van der Waals surface area contributed by atoms with Crippen LogP contribution >= 0.6 is 11.8 Å². The zero-order chi connectivity index (χ0) is 12.0. The fourth-order valence-electron chi connectivity index (χ4n) is 1.32. The van der Waals surface area contributed by atoms with E-state index in [2.05, 4.69) is 34.3 Å². The molecule has 1 aromatic rings. The maximum atomic E-state index is 11.0. The molecular weight excluding hydrogens is 222 g/mol. The second kappa shape index (κ2) is 6.55. The lowest BCUT2D eigenvalue weighted by Crippen LogP contribution is -2.26. The lowest BCUT2D eigenvalue weighted by Gasteiger charge is -2.13. The fourth-order valence-corrected chi connectivity index (χ4v) is 1.73. The molecule has 3 nitrogen and oxygen atoms in total. The summed E-state index contributed by atoms with van der Waals surface area (Å²) >= 11 is 1.72. The van der Waals surface area contributed by atoms with Gasteiger partial charge in [0.2, 0.25) is 0 Å². The summed E-state index contributed by atoms with van der Waals surface area (Å²) in [5.74, 6) is -0.243. The van der Waals surface area contributed by atoms with Gasteiger partial charge in [0.15, 0.2) is 0 Å². The minimum absolute atomic E-state index is 0.148. The van der Waals surface area contributed by atoms with Crippen LogP contribution in [0.4, 0.5) is 0 Å². The van der Waals surface area contributed by atoms with E-state index in [-0.39, 0.29) is 18.6 Å². The maximum absolute atomic E-state index is 11.0. The minimum atomic E-state index is -0.243. The highest BCUT2D eigenvalue weighted by Gasteiger charge is 2.07. The maximum Gasteiger partial charge on any atom is 0.319 e. The van der Waals surface area contributed by atoms with Crippen LogP contribution in [-0.4, -0.2) is 25.9 Å². The molecule has 0 aliphatic carbocycles. The molecule has 1 unspecified atom stereocenters. The lowest BCUT2D eigenvalue weighted by molar-refractivity contribution is -0.139. The molecule has 1 N–H and O–H groups in total. The molecule has 0 amide bonds. The molecule has 16 heavy (non-hydrogen) atoms. The molecule has 1 rings (SSSR count). The fraction of sp³-hybridized carbons (Fsp3) is 0.417. The second-order valence-corrected chi connectivity index (χ2v) is 4.33. The van der Waals surface area contributed by atoms with Crippen LogP contribution in [0.2, 0.25) is 0 Å². The second-order valence-electron chi connectivity index (χ2n) is 3.45. The summed E-state index contributed by atoms with van der Waals surface area (Å²) in [6, 6.07) is 8.45. The van der Waals surface area contributed by atoms with Crippen molar-refractivity contribution < 1.29 is 9.53 Å². The van der Waals surface area contributed by atoms with Crippen molar-refractivity contribution in [3.63, 3.8) is 0 Å². The molecule has 4 heteroatoms. The van der Waals surface area contributed by atoms with Crippen LogP contribution in [0.1, 0.15) is 18.5 Å².